The molecule has 0 bridgehead atoms. The summed E-state index contributed by atoms with van der Waals surface area (Å²) in [5, 5.41) is 2.97. The van der Waals surface area contributed by atoms with E-state index in [9.17, 15) is 4.79 Å². The van der Waals surface area contributed by atoms with Gasteiger partial charge in [0.25, 0.3) is 5.91 Å². The number of nitrogens with one attached hydrogen (secondary N) is 1. The highest BCUT2D eigenvalue weighted by Gasteiger charge is 2.26. The van der Waals surface area contributed by atoms with Crippen molar-refractivity contribution in [1.29, 1.82) is 0 Å². The lowest BCUT2D eigenvalue weighted by Gasteiger charge is -2.37. The number of benzene rings is 2. The summed E-state index contributed by atoms with van der Waals surface area (Å²) < 4.78 is 18.3. The zero-order valence-electron chi connectivity index (χ0n) is 20.7. The van der Waals surface area contributed by atoms with E-state index in [0.717, 1.165) is 46.0 Å². The SMILES string of the molecule is CCOc1cc(C(=S)N2C[C@@H](C)O[C@@H](C)C2)cc(Br)c1OCC(=O)Nc1c(C)cc(C)cc1C. The van der Waals surface area contributed by atoms with Gasteiger partial charge in [0.15, 0.2) is 18.1 Å². The molecule has 34 heavy (non-hydrogen) atoms. The molecule has 0 aromatic heterocycles. The van der Waals surface area contributed by atoms with Gasteiger partial charge in [0.2, 0.25) is 0 Å². The van der Waals surface area contributed by atoms with Crippen molar-refractivity contribution < 1.29 is 19.0 Å². The van der Waals surface area contributed by atoms with Crippen LogP contribution in [-0.2, 0) is 9.53 Å². The van der Waals surface area contributed by atoms with Gasteiger partial charge in [-0.05, 0) is 80.7 Å². The summed E-state index contributed by atoms with van der Waals surface area (Å²) in [7, 11) is 0. The molecule has 1 fully saturated rings. The van der Waals surface area contributed by atoms with Crippen LogP contribution in [0.1, 0.15) is 43.0 Å². The molecule has 1 heterocycles. The van der Waals surface area contributed by atoms with Crippen molar-refractivity contribution in [2.24, 2.45) is 0 Å². The van der Waals surface area contributed by atoms with Gasteiger partial charge in [-0.25, -0.2) is 0 Å². The largest absolute Gasteiger partial charge is 0.490 e. The summed E-state index contributed by atoms with van der Waals surface area (Å²) in [6.07, 6.45) is 0.219. The molecule has 1 N–H and O–H groups in total. The van der Waals surface area contributed by atoms with E-state index >= 15 is 0 Å². The number of thiocarbonyl (C=S) groups is 1. The van der Waals surface area contributed by atoms with Gasteiger partial charge in [-0.15, -0.1) is 0 Å². The average Bonchev–Trinajstić information content (AvgIpc) is 2.74. The first-order valence-electron chi connectivity index (χ1n) is 11.5. The van der Waals surface area contributed by atoms with E-state index in [1.807, 2.05) is 65.8 Å². The molecule has 1 saturated heterocycles. The van der Waals surface area contributed by atoms with Gasteiger partial charge in [0.1, 0.15) is 4.99 Å². The first-order chi connectivity index (χ1) is 16.1. The number of halogens is 1. The molecule has 0 spiro atoms. The third kappa shape index (κ3) is 6.49. The van der Waals surface area contributed by atoms with Gasteiger partial charge in [-0.3, -0.25) is 4.79 Å². The van der Waals surface area contributed by atoms with Gasteiger partial charge in [-0.1, -0.05) is 29.9 Å². The Kier molecular flexibility index (Phi) is 8.95. The predicted molar refractivity (Wildman–Crippen MR) is 143 cm³/mol. The van der Waals surface area contributed by atoms with Gasteiger partial charge >= 0.3 is 0 Å². The number of hydrogen-bond acceptors (Lipinski definition) is 5. The van der Waals surface area contributed by atoms with Crippen LogP contribution in [-0.4, -0.2) is 54.3 Å². The van der Waals surface area contributed by atoms with E-state index in [1.165, 1.54) is 0 Å². The molecule has 184 valence electrons. The fourth-order valence-corrected chi connectivity index (χ4v) is 5.13. The molecule has 3 rings (SSSR count). The lowest BCUT2D eigenvalue weighted by Crippen LogP contribution is -2.47. The van der Waals surface area contributed by atoms with Crippen LogP contribution in [0.15, 0.2) is 28.7 Å². The van der Waals surface area contributed by atoms with Crippen LogP contribution in [0, 0.1) is 20.8 Å². The Morgan fingerprint density at radius 2 is 1.74 bits per heavy atom. The van der Waals surface area contributed by atoms with Crippen molar-refractivity contribution in [3.8, 4) is 11.5 Å². The Morgan fingerprint density at radius 3 is 2.32 bits per heavy atom. The number of morpholine rings is 1. The summed E-state index contributed by atoms with van der Waals surface area (Å²) in [6.45, 7) is 13.8. The highest BCUT2D eigenvalue weighted by Crippen LogP contribution is 2.37. The number of carbonyl (C=O) groups excluding carboxylic acids is 1. The van der Waals surface area contributed by atoms with Crippen LogP contribution >= 0.6 is 28.1 Å². The number of ether oxygens (including phenoxy) is 3. The van der Waals surface area contributed by atoms with Crippen LogP contribution < -0.4 is 14.8 Å². The fourth-order valence-electron chi connectivity index (χ4n) is 4.31. The van der Waals surface area contributed by atoms with Gasteiger partial charge in [0.05, 0.1) is 23.3 Å². The number of rotatable bonds is 7. The molecule has 1 aliphatic rings. The van der Waals surface area contributed by atoms with Crippen molar-refractivity contribution >= 4 is 44.7 Å². The van der Waals surface area contributed by atoms with Gasteiger partial charge < -0.3 is 24.4 Å². The first-order valence-corrected chi connectivity index (χ1v) is 12.7. The van der Waals surface area contributed by atoms with E-state index in [4.69, 9.17) is 26.4 Å². The zero-order chi connectivity index (χ0) is 25.0. The molecular formula is C26H33BrN2O4S. The Hall–Kier alpha value is -2.16. The maximum atomic E-state index is 12.7. The smallest absolute Gasteiger partial charge is 0.262 e. The minimum atomic E-state index is -0.236. The number of carbonyl (C=O) groups is 1. The van der Waals surface area contributed by atoms with E-state index in [0.29, 0.717) is 22.6 Å². The summed E-state index contributed by atoms with van der Waals surface area (Å²) in [5.74, 6) is 0.781. The normalized spacial score (nSPS) is 17.9. The van der Waals surface area contributed by atoms with Crippen LogP contribution in [0.25, 0.3) is 0 Å². The standard InChI is InChI=1S/C26H33BrN2O4S/c1-7-31-22-11-20(26(34)29-12-18(5)33-19(6)13-29)10-21(27)25(22)32-14-23(30)28-24-16(3)8-15(2)9-17(24)4/h8-11,18-19H,7,12-14H2,1-6H3,(H,28,30)/t18-,19+. The summed E-state index contributed by atoms with van der Waals surface area (Å²) in [4.78, 5) is 15.6. The fraction of sp³-hybridized carbons (Fsp3) is 0.462. The number of anilines is 1. The minimum Gasteiger partial charge on any atom is -0.490 e. The van der Waals surface area contributed by atoms with E-state index in [-0.39, 0.29) is 24.7 Å². The number of aryl methyl sites for hydroxylation is 3. The minimum absolute atomic E-state index is 0.110. The molecule has 8 heteroatoms. The maximum absolute atomic E-state index is 12.7. The summed E-state index contributed by atoms with van der Waals surface area (Å²) >= 11 is 9.39. The van der Waals surface area contributed by atoms with Crippen molar-refractivity contribution in [3.63, 3.8) is 0 Å². The highest BCUT2D eigenvalue weighted by atomic mass is 79.9. The lowest BCUT2D eigenvalue weighted by atomic mass is 10.1. The second-order valence-electron chi connectivity index (χ2n) is 8.80. The van der Waals surface area contributed by atoms with Crippen LogP contribution in [0.3, 0.4) is 0 Å². The predicted octanol–water partition coefficient (Wildman–Crippen LogP) is 5.58. The highest BCUT2D eigenvalue weighted by molar-refractivity contribution is 9.10. The Balaban J connectivity index is 1.75. The van der Waals surface area contributed by atoms with E-state index in [1.54, 1.807) is 0 Å². The molecule has 1 aliphatic heterocycles. The third-order valence-electron chi connectivity index (χ3n) is 5.55. The zero-order valence-corrected chi connectivity index (χ0v) is 23.1. The quantitative estimate of drug-likeness (QED) is 0.456. The van der Waals surface area contributed by atoms with Gasteiger partial charge in [0, 0.05) is 24.3 Å². The summed E-state index contributed by atoms with van der Waals surface area (Å²) in [5.41, 5.74) is 4.87. The molecule has 2 atom stereocenters. The molecule has 2 aromatic rings. The third-order valence-corrected chi connectivity index (χ3v) is 6.64. The van der Waals surface area contributed by atoms with Crippen molar-refractivity contribution in [1.82, 2.24) is 4.90 Å². The Morgan fingerprint density at radius 1 is 1.12 bits per heavy atom. The van der Waals surface area contributed by atoms with Crippen LogP contribution in [0.5, 0.6) is 11.5 Å². The molecule has 0 radical (unpaired) electrons. The van der Waals surface area contributed by atoms with Crippen molar-refractivity contribution in [3.05, 3.63) is 51.0 Å². The molecule has 2 aromatic carbocycles. The first kappa shape index (κ1) is 26.4. The molecule has 0 unspecified atom stereocenters. The average molecular weight is 550 g/mol. The monoisotopic (exact) mass is 548 g/mol. The molecule has 6 nitrogen and oxygen atoms in total. The van der Waals surface area contributed by atoms with E-state index < -0.39 is 0 Å². The lowest BCUT2D eigenvalue weighted by molar-refractivity contribution is -0.118. The maximum Gasteiger partial charge on any atom is 0.262 e. The second kappa shape index (κ2) is 11.5. The number of hydrogen-bond donors (Lipinski definition) is 1. The van der Waals surface area contributed by atoms with Crippen molar-refractivity contribution in [2.45, 2.75) is 53.8 Å². The number of nitrogens with zero attached hydrogens (tertiary/aromatic N) is 1. The molecule has 1 amide bonds. The topological polar surface area (TPSA) is 60.0 Å². The Labute approximate surface area is 216 Å². The number of amides is 1. The second-order valence-corrected chi connectivity index (χ2v) is 10.0. The van der Waals surface area contributed by atoms with E-state index in [2.05, 4.69) is 26.1 Å². The van der Waals surface area contributed by atoms with Crippen LogP contribution in [0.2, 0.25) is 0 Å². The summed E-state index contributed by atoms with van der Waals surface area (Å²) in [6, 6.07) is 7.88. The Bertz CT molecular complexity index is 1040. The van der Waals surface area contributed by atoms with Crippen molar-refractivity contribution in [2.75, 3.05) is 31.6 Å². The van der Waals surface area contributed by atoms with Crippen LogP contribution in [0.4, 0.5) is 5.69 Å². The molecule has 0 saturated carbocycles. The molecular weight excluding hydrogens is 516 g/mol. The van der Waals surface area contributed by atoms with Gasteiger partial charge in [-0.2, -0.15) is 0 Å². The molecule has 0 aliphatic carbocycles.